The Labute approximate surface area is 153 Å². The largest absolute Gasteiger partial charge is 0.492 e. The van der Waals surface area contributed by atoms with Gasteiger partial charge in [-0.15, -0.1) is 0 Å². The molecule has 3 nitrogen and oxygen atoms in total. The van der Waals surface area contributed by atoms with Crippen LogP contribution in [0, 0.1) is 0 Å². The van der Waals surface area contributed by atoms with Crippen molar-refractivity contribution in [2.75, 3.05) is 24.6 Å². The molecule has 1 aromatic heterocycles. The first kappa shape index (κ1) is 19.3. The number of pyridine rings is 1. The summed E-state index contributed by atoms with van der Waals surface area (Å²) >= 11 is 0. The minimum Gasteiger partial charge on any atom is -0.492 e. The highest BCUT2D eigenvalue weighted by molar-refractivity contribution is 5.37. The number of nitrogens with zero attached hydrogens (tertiary/aromatic N) is 2. The molecule has 0 aliphatic rings. The number of hydrogen-bond acceptors (Lipinski definition) is 3. The number of anilines is 1. The summed E-state index contributed by atoms with van der Waals surface area (Å²) in [5.41, 5.74) is 1.38. The van der Waals surface area contributed by atoms with Crippen LogP contribution in [0.3, 0.4) is 0 Å². The van der Waals surface area contributed by atoms with Gasteiger partial charge in [0.2, 0.25) is 0 Å². The van der Waals surface area contributed by atoms with Gasteiger partial charge in [0.25, 0.3) is 0 Å². The highest BCUT2D eigenvalue weighted by atomic mass is 16.5. The van der Waals surface area contributed by atoms with Crippen molar-refractivity contribution >= 4 is 5.82 Å². The van der Waals surface area contributed by atoms with Crippen LogP contribution in [0.15, 0.2) is 48.7 Å². The van der Waals surface area contributed by atoms with Gasteiger partial charge >= 0.3 is 0 Å². The molecule has 0 saturated carbocycles. The summed E-state index contributed by atoms with van der Waals surface area (Å²) in [4.78, 5) is 6.84. The normalized spacial score (nSPS) is 10.6. The molecule has 1 heterocycles. The SMILES string of the molecule is CCCCCCN(CCOc1ccc(CCC)cc1)c1ccccn1. The number of ether oxygens (including phenoxy) is 1. The molecule has 0 amide bonds. The lowest BCUT2D eigenvalue weighted by Gasteiger charge is -2.23. The fraction of sp³-hybridized carbons (Fsp3) is 0.500. The summed E-state index contributed by atoms with van der Waals surface area (Å²) in [5, 5.41) is 0. The van der Waals surface area contributed by atoms with E-state index in [1.54, 1.807) is 0 Å². The van der Waals surface area contributed by atoms with Crippen molar-refractivity contribution < 1.29 is 4.74 Å². The van der Waals surface area contributed by atoms with Crippen molar-refractivity contribution in [2.45, 2.75) is 52.4 Å². The Morgan fingerprint density at radius 1 is 0.880 bits per heavy atom. The highest BCUT2D eigenvalue weighted by Crippen LogP contribution is 2.15. The fourth-order valence-electron chi connectivity index (χ4n) is 2.93. The molecular formula is C22H32N2O. The van der Waals surface area contributed by atoms with Crippen LogP contribution in [-0.2, 0) is 6.42 Å². The van der Waals surface area contributed by atoms with E-state index in [1.165, 1.54) is 37.7 Å². The van der Waals surface area contributed by atoms with Gasteiger partial charge in [0.1, 0.15) is 18.2 Å². The van der Waals surface area contributed by atoms with Gasteiger partial charge in [-0.1, -0.05) is 57.7 Å². The molecule has 0 unspecified atom stereocenters. The lowest BCUT2D eigenvalue weighted by atomic mass is 10.1. The summed E-state index contributed by atoms with van der Waals surface area (Å²) < 4.78 is 5.95. The number of aryl methyl sites for hydroxylation is 1. The van der Waals surface area contributed by atoms with Gasteiger partial charge in [0.15, 0.2) is 0 Å². The maximum absolute atomic E-state index is 5.95. The van der Waals surface area contributed by atoms with Crippen LogP contribution in [0.25, 0.3) is 0 Å². The summed E-state index contributed by atoms with van der Waals surface area (Å²) in [6.07, 6.45) is 9.22. The quantitative estimate of drug-likeness (QED) is 0.477. The monoisotopic (exact) mass is 340 g/mol. The molecule has 2 aromatic rings. The number of hydrogen-bond donors (Lipinski definition) is 0. The Kier molecular flexibility index (Phi) is 8.89. The van der Waals surface area contributed by atoms with E-state index in [-0.39, 0.29) is 0 Å². The molecule has 3 heteroatoms. The van der Waals surface area contributed by atoms with Crippen LogP contribution in [0.2, 0.25) is 0 Å². The molecular weight excluding hydrogens is 308 g/mol. The van der Waals surface area contributed by atoms with E-state index in [2.05, 4.69) is 60.1 Å². The van der Waals surface area contributed by atoms with E-state index in [1.807, 2.05) is 12.3 Å². The van der Waals surface area contributed by atoms with E-state index in [9.17, 15) is 0 Å². The molecule has 2 rings (SSSR count). The first-order chi connectivity index (χ1) is 12.3. The number of rotatable bonds is 12. The zero-order valence-corrected chi connectivity index (χ0v) is 15.8. The Bertz CT molecular complexity index is 568. The van der Waals surface area contributed by atoms with Crippen molar-refractivity contribution in [3.63, 3.8) is 0 Å². The number of aromatic nitrogens is 1. The zero-order chi connectivity index (χ0) is 17.7. The lowest BCUT2D eigenvalue weighted by molar-refractivity contribution is 0.322. The molecule has 0 aliphatic carbocycles. The van der Waals surface area contributed by atoms with Crippen molar-refractivity contribution in [2.24, 2.45) is 0 Å². The van der Waals surface area contributed by atoms with Gasteiger partial charge < -0.3 is 9.64 Å². The predicted molar refractivity (Wildman–Crippen MR) is 107 cm³/mol. The Morgan fingerprint density at radius 3 is 2.40 bits per heavy atom. The van der Waals surface area contributed by atoms with Crippen molar-refractivity contribution in [3.8, 4) is 5.75 Å². The Hall–Kier alpha value is -2.03. The Morgan fingerprint density at radius 2 is 1.72 bits per heavy atom. The topological polar surface area (TPSA) is 25.4 Å². The molecule has 0 N–H and O–H groups in total. The van der Waals surface area contributed by atoms with Gasteiger partial charge in [-0.25, -0.2) is 4.98 Å². The van der Waals surface area contributed by atoms with Gasteiger partial charge in [0, 0.05) is 12.7 Å². The van der Waals surface area contributed by atoms with Crippen molar-refractivity contribution in [1.29, 1.82) is 0 Å². The van der Waals surface area contributed by atoms with E-state index >= 15 is 0 Å². The molecule has 0 radical (unpaired) electrons. The molecule has 0 atom stereocenters. The van der Waals surface area contributed by atoms with E-state index in [0.717, 1.165) is 31.1 Å². The predicted octanol–water partition coefficient (Wildman–Crippen LogP) is 5.50. The Balaban J connectivity index is 1.83. The summed E-state index contributed by atoms with van der Waals surface area (Å²) in [7, 11) is 0. The van der Waals surface area contributed by atoms with Crippen LogP contribution >= 0.6 is 0 Å². The van der Waals surface area contributed by atoms with Crippen molar-refractivity contribution in [3.05, 3.63) is 54.2 Å². The molecule has 136 valence electrons. The third-order valence-corrected chi connectivity index (χ3v) is 4.35. The van der Waals surface area contributed by atoms with Crippen LogP contribution in [-0.4, -0.2) is 24.7 Å². The number of unbranched alkanes of at least 4 members (excludes halogenated alkanes) is 3. The van der Waals surface area contributed by atoms with E-state index in [4.69, 9.17) is 4.74 Å². The molecule has 25 heavy (non-hydrogen) atoms. The number of benzene rings is 1. The maximum Gasteiger partial charge on any atom is 0.128 e. The van der Waals surface area contributed by atoms with Crippen LogP contribution in [0.5, 0.6) is 5.75 Å². The molecule has 0 bridgehead atoms. The third-order valence-electron chi connectivity index (χ3n) is 4.35. The molecule has 0 aliphatic heterocycles. The average molecular weight is 341 g/mol. The smallest absolute Gasteiger partial charge is 0.128 e. The average Bonchev–Trinajstić information content (AvgIpc) is 2.66. The second kappa shape index (κ2) is 11.5. The molecule has 1 aromatic carbocycles. The highest BCUT2D eigenvalue weighted by Gasteiger charge is 2.07. The summed E-state index contributed by atoms with van der Waals surface area (Å²) in [6.45, 7) is 7.03. The maximum atomic E-state index is 5.95. The molecule has 0 spiro atoms. The lowest BCUT2D eigenvalue weighted by Crippen LogP contribution is -2.30. The van der Waals surface area contributed by atoms with Gasteiger partial charge in [0.05, 0.1) is 6.54 Å². The van der Waals surface area contributed by atoms with Crippen LogP contribution in [0.1, 0.15) is 51.5 Å². The second-order valence-electron chi connectivity index (χ2n) is 6.48. The van der Waals surface area contributed by atoms with Crippen molar-refractivity contribution in [1.82, 2.24) is 4.98 Å². The third kappa shape index (κ3) is 7.16. The minimum atomic E-state index is 0.678. The van der Waals surface area contributed by atoms with E-state index in [0.29, 0.717) is 6.61 Å². The van der Waals surface area contributed by atoms with E-state index < -0.39 is 0 Å². The summed E-state index contributed by atoms with van der Waals surface area (Å²) in [5.74, 6) is 1.99. The minimum absolute atomic E-state index is 0.678. The van der Waals surface area contributed by atoms with Gasteiger partial charge in [-0.05, 0) is 42.7 Å². The van der Waals surface area contributed by atoms with Gasteiger partial charge in [-0.3, -0.25) is 0 Å². The molecule has 0 saturated heterocycles. The molecule has 0 fully saturated rings. The first-order valence-electron chi connectivity index (χ1n) is 9.71. The summed E-state index contributed by atoms with van der Waals surface area (Å²) in [6, 6.07) is 14.6. The zero-order valence-electron chi connectivity index (χ0n) is 15.8. The van der Waals surface area contributed by atoms with Crippen LogP contribution in [0.4, 0.5) is 5.82 Å². The first-order valence-corrected chi connectivity index (χ1v) is 9.71. The van der Waals surface area contributed by atoms with Crippen LogP contribution < -0.4 is 9.64 Å². The fourth-order valence-corrected chi connectivity index (χ4v) is 2.93. The standard InChI is InChI=1S/C22H32N2O/c1-3-5-6-9-17-24(22-11-7-8-16-23-22)18-19-25-21-14-12-20(10-4-2)13-15-21/h7-8,11-16H,3-6,9-10,17-19H2,1-2H3. The van der Waals surface area contributed by atoms with Gasteiger partial charge in [-0.2, -0.15) is 0 Å². The second-order valence-corrected chi connectivity index (χ2v) is 6.48.